The molecule has 52 valence electrons. The molecule has 4 nitrogen and oxygen atoms in total. The Kier molecular flexibility index (Phi) is 3.83. The van der Waals surface area contributed by atoms with E-state index in [0.29, 0.717) is 0 Å². The summed E-state index contributed by atoms with van der Waals surface area (Å²) < 4.78 is 10.2. The number of hydrogen-bond acceptors (Lipinski definition) is 2. The van der Waals surface area contributed by atoms with Crippen molar-refractivity contribution < 1.29 is 9.46 Å². The Morgan fingerprint density at radius 2 is 2.44 bits per heavy atom. The van der Waals surface area contributed by atoms with Gasteiger partial charge in [0.25, 0.3) is 0 Å². The van der Waals surface area contributed by atoms with Gasteiger partial charge in [0.15, 0.2) is 0 Å². The van der Waals surface area contributed by atoms with Gasteiger partial charge >= 0.3 is 6.87 Å². The molecule has 0 saturated carbocycles. The van der Waals surface area contributed by atoms with Crippen LogP contribution in [0, 0.1) is 11.3 Å². The molecule has 9 heavy (non-hydrogen) atoms. The Labute approximate surface area is 57.7 Å². The van der Waals surface area contributed by atoms with E-state index in [4.69, 9.17) is 21.4 Å². The zero-order chi connectivity index (χ0) is 7.33. The molecule has 0 aromatic heterocycles. The first-order valence-corrected chi connectivity index (χ1v) is 4.77. The molecule has 0 radical (unpaired) electrons. The second-order valence-corrected chi connectivity index (χ2v) is 4.01. The van der Waals surface area contributed by atoms with Gasteiger partial charge < -0.3 is 4.89 Å². The van der Waals surface area contributed by atoms with Gasteiger partial charge in [0.05, 0.1) is 6.07 Å². The highest BCUT2D eigenvalue weighted by Gasteiger charge is 2.09. The highest BCUT2D eigenvalue weighted by molar-refractivity contribution is 7.82. The highest BCUT2D eigenvalue weighted by Crippen LogP contribution is 2.40. The van der Waals surface area contributed by atoms with Gasteiger partial charge in [0, 0.05) is 13.0 Å². The van der Waals surface area contributed by atoms with Crippen LogP contribution in [0.3, 0.4) is 0 Å². The van der Waals surface area contributed by atoms with Gasteiger partial charge in [-0.05, 0) is 11.2 Å². The van der Waals surface area contributed by atoms with Crippen molar-refractivity contribution in [1.82, 2.24) is 5.09 Å². The summed E-state index contributed by atoms with van der Waals surface area (Å²) in [5.41, 5.74) is 0. The number of nitrogens with one attached hydrogen (secondary N) is 1. The van der Waals surface area contributed by atoms with E-state index < -0.39 is 6.87 Å². The van der Waals surface area contributed by atoms with Crippen LogP contribution < -0.4 is 5.09 Å². The molecule has 1 atom stereocenters. The van der Waals surface area contributed by atoms with Crippen LogP contribution >= 0.6 is 18.1 Å². The quantitative estimate of drug-likeness (QED) is 0.484. The minimum absolute atomic E-state index is 0.147. The van der Waals surface area contributed by atoms with Crippen LogP contribution in [0.2, 0.25) is 0 Å². The summed E-state index contributed by atoms with van der Waals surface area (Å²) in [7, 11) is 0. The minimum Gasteiger partial charge on any atom is -0.322 e. The normalized spacial score (nSPS) is 16.1. The maximum atomic E-state index is 10.2. The first-order chi connectivity index (χ1) is 4.06. The first-order valence-electron chi connectivity index (χ1n) is 2.21. The molecule has 0 fully saturated rings. The van der Waals surface area contributed by atoms with Crippen molar-refractivity contribution in [3.63, 3.8) is 0 Å². The minimum atomic E-state index is -3.62. The lowest BCUT2D eigenvalue weighted by Crippen LogP contribution is -2.07. The van der Waals surface area contributed by atoms with Gasteiger partial charge in [-0.1, -0.05) is 0 Å². The average Bonchev–Trinajstić information content (AvgIpc) is 1.63. The third-order valence-corrected chi connectivity index (χ3v) is 1.52. The molecule has 0 saturated heterocycles. The first kappa shape index (κ1) is 8.93. The van der Waals surface area contributed by atoms with Crippen molar-refractivity contribution in [2.24, 2.45) is 0 Å². The fourth-order valence-electron chi connectivity index (χ4n) is 0.250. The van der Waals surface area contributed by atoms with E-state index in [0.717, 1.165) is 0 Å². The van der Waals surface area contributed by atoms with Crippen molar-refractivity contribution in [2.75, 3.05) is 6.54 Å². The van der Waals surface area contributed by atoms with Crippen LogP contribution in [0.15, 0.2) is 0 Å². The van der Waals surface area contributed by atoms with E-state index in [1.807, 2.05) is 0 Å². The van der Waals surface area contributed by atoms with E-state index in [9.17, 15) is 4.57 Å². The fourth-order valence-corrected chi connectivity index (χ4v) is 0.891. The molecule has 0 aromatic carbocycles. The summed E-state index contributed by atoms with van der Waals surface area (Å²) in [5.74, 6) is 0. The summed E-state index contributed by atoms with van der Waals surface area (Å²) in [4.78, 5) is 8.34. The van der Waals surface area contributed by atoms with E-state index in [1.165, 1.54) is 0 Å². The SMILES string of the molecule is N#CCCNP(=O)(O)Cl. The number of nitrogens with zero attached hydrogens (tertiary/aromatic N) is 1. The van der Waals surface area contributed by atoms with Gasteiger partial charge in [-0.3, -0.25) is 4.57 Å². The monoisotopic (exact) mass is 168 g/mol. The molecular weight excluding hydrogens is 162 g/mol. The Hall–Kier alpha value is -0.0700. The number of rotatable bonds is 3. The summed E-state index contributed by atoms with van der Waals surface area (Å²) in [5, 5.41) is 10.0. The molecule has 0 rings (SSSR count). The van der Waals surface area contributed by atoms with Gasteiger partial charge in [-0.25, -0.2) is 5.09 Å². The maximum Gasteiger partial charge on any atom is 0.357 e. The van der Waals surface area contributed by atoms with Crippen molar-refractivity contribution in [1.29, 1.82) is 5.26 Å². The van der Waals surface area contributed by atoms with E-state index >= 15 is 0 Å². The zero-order valence-corrected chi connectivity index (χ0v) is 6.19. The molecule has 1 unspecified atom stereocenters. The molecule has 0 aliphatic heterocycles. The smallest absolute Gasteiger partial charge is 0.322 e. The number of nitriles is 1. The van der Waals surface area contributed by atoms with Crippen molar-refractivity contribution in [3.05, 3.63) is 0 Å². The topological polar surface area (TPSA) is 73.1 Å². The lowest BCUT2D eigenvalue weighted by Gasteiger charge is -2.00. The fraction of sp³-hybridized carbons (Fsp3) is 0.667. The molecule has 0 amide bonds. The number of hydrogen-bond donors (Lipinski definition) is 2. The molecule has 0 aliphatic carbocycles. The Bertz CT molecular complexity index is 160. The van der Waals surface area contributed by atoms with E-state index in [2.05, 4.69) is 5.09 Å². The molecule has 6 heteroatoms. The molecule has 0 spiro atoms. The third kappa shape index (κ3) is 7.93. The van der Waals surface area contributed by atoms with Crippen LogP contribution in [0.25, 0.3) is 0 Å². The van der Waals surface area contributed by atoms with Gasteiger partial charge in [-0.15, -0.1) is 0 Å². The summed E-state index contributed by atoms with van der Waals surface area (Å²) in [6, 6.07) is 1.79. The molecule has 2 N–H and O–H groups in total. The van der Waals surface area contributed by atoms with Crippen molar-refractivity contribution in [3.8, 4) is 6.07 Å². The lowest BCUT2D eigenvalue weighted by atomic mass is 10.5. The predicted molar refractivity (Wildman–Crippen MR) is 33.9 cm³/mol. The van der Waals surface area contributed by atoms with Gasteiger partial charge in [0.1, 0.15) is 0 Å². The van der Waals surface area contributed by atoms with E-state index in [1.54, 1.807) is 6.07 Å². The van der Waals surface area contributed by atoms with Crippen molar-refractivity contribution >= 4 is 18.1 Å². The molecule has 0 bridgehead atoms. The van der Waals surface area contributed by atoms with Gasteiger partial charge in [0.2, 0.25) is 0 Å². The maximum absolute atomic E-state index is 10.2. The molecule has 0 heterocycles. The van der Waals surface area contributed by atoms with E-state index in [-0.39, 0.29) is 13.0 Å². The number of halogens is 1. The second kappa shape index (κ2) is 3.86. The lowest BCUT2D eigenvalue weighted by molar-refractivity contribution is 0.482. The summed E-state index contributed by atoms with van der Waals surface area (Å²) in [6.45, 7) is -3.48. The third-order valence-electron chi connectivity index (χ3n) is 0.544. The predicted octanol–water partition coefficient (Wildman–Crippen LogP) is 0.829. The van der Waals surface area contributed by atoms with Gasteiger partial charge in [-0.2, -0.15) is 5.26 Å². The standard InChI is InChI=1S/C3H6ClN2O2P/c4-9(7,8)6-3-1-2-5/h1,3H2,(H2,6,7,8). The van der Waals surface area contributed by atoms with Crippen LogP contribution in [-0.4, -0.2) is 11.4 Å². The largest absolute Gasteiger partial charge is 0.357 e. The molecule has 0 aliphatic rings. The van der Waals surface area contributed by atoms with Crippen molar-refractivity contribution in [2.45, 2.75) is 6.42 Å². The molecule has 0 aromatic rings. The highest BCUT2D eigenvalue weighted by atomic mass is 35.7. The second-order valence-electron chi connectivity index (χ2n) is 1.32. The van der Waals surface area contributed by atoms with Crippen LogP contribution in [0.1, 0.15) is 6.42 Å². The van der Waals surface area contributed by atoms with Crippen LogP contribution in [0.4, 0.5) is 0 Å². The Balaban J connectivity index is 3.32. The summed E-state index contributed by atoms with van der Waals surface area (Å²) in [6.07, 6.45) is 0.178. The molecular formula is C3H6ClN2O2P. The van der Waals surface area contributed by atoms with Crippen LogP contribution in [0.5, 0.6) is 0 Å². The summed E-state index contributed by atoms with van der Waals surface area (Å²) >= 11 is 4.86. The van der Waals surface area contributed by atoms with Crippen LogP contribution in [-0.2, 0) is 4.57 Å². The average molecular weight is 169 g/mol. The Morgan fingerprint density at radius 1 is 1.89 bits per heavy atom. The zero-order valence-electron chi connectivity index (χ0n) is 4.54. The Morgan fingerprint density at radius 3 is 2.78 bits per heavy atom.